The smallest absolute Gasteiger partial charge is 0.256 e. The van der Waals surface area contributed by atoms with Crippen molar-refractivity contribution in [1.29, 1.82) is 0 Å². The molecule has 0 aliphatic rings. The van der Waals surface area contributed by atoms with Gasteiger partial charge in [0.05, 0.1) is 7.11 Å². The Hall–Kier alpha value is -1.62. The fourth-order valence-electron chi connectivity index (χ4n) is 1.36. The molecule has 1 amide bonds. The van der Waals surface area contributed by atoms with Gasteiger partial charge < -0.3 is 15.4 Å². The first kappa shape index (κ1) is 13.4. The molecule has 0 spiro atoms. The zero-order valence-electron chi connectivity index (χ0n) is 10.5. The molecule has 17 heavy (non-hydrogen) atoms. The molecule has 5 heteroatoms. The van der Waals surface area contributed by atoms with Crippen LogP contribution in [-0.2, 0) is 0 Å². The van der Waals surface area contributed by atoms with Crippen LogP contribution in [0.5, 0.6) is 5.88 Å². The van der Waals surface area contributed by atoms with Crippen molar-refractivity contribution in [2.24, 2.45) is 0 Å². The maximum Gasteiger partial charge on any atom is 0.256 e. The molecule has 0 aliphatic heterocycles. The molecule has 0 saturated carbocycles. The number of aromatic nitrogens is 1. The van der Waals surface area contributed by atoms with E-state index in [9.17, 15) is 4.79 Å². The van der Waals surface area contributed by atoms with Gasteiger partial charge in [0.15, 0.2) is 0 Å². The molecule has 0 atom stereocenters. The van der Waals surface area contributed by atoms with Crippen molar-refractivity contribution in [2.75, 3.05) is 20.2 Å². The summed E-state index contributed by atoms with van der Waals surface area (Å²) in [7, 11) is 1.50. The fourth-order valence-corrected chi connectivity index (χ4v) is 1.36. The fraction of sp³-hybridized carbons (Fsp3) is 0.500. The van der Waals surface area contributed by atoms with Crippen LogP contribution in [0.25, 0.3) is 0 Å². The van der Waals surface area contributed by atoms with Crippen molar-refractivity contribution in [2.45, 2.75) is 19.9 Å². The molecule has 1 heterocycles. The number of amides is 1. The minimum Gasteiger partial charge on any atom is -0.480 e. The largest absolute Gasteiger partial charge is 0.480 e. The van der Waals surface area contributed by atoms with E-state index in [1.807, 2.05) is 0 Å². The summed E-state index contributed by atoms with van der Waals surface area (Å²) in [6.45, 7) is 5.44. The summed E-state index contributed by atoms with van der Waals surface area (Å²) in [6.07, 6.45) is 1.59. The number of carbonyl (C=O) groups excluding carboxylic acids is 1. The summed E-state index contributed by atoms with van der Waals surface area (Å²) in [6, 6.07) is 3.82. The van der Waals surface area contributed by atoms with Crippen LogP contribution in [0.4, 0.5) is 0 Å². The van der Waals surface area contributed by atoms with Gasteiger partial charge in [-0.05, 0) is 12.1 Å². The third-order valence-electron chi connectivity index (χ3n) is 2.17. The molecule has 2 N–H and O–H groups in total. The first-order valence-corrected chi connectivity index (χ1v) is 5.65. The normalized spacial score (nSPS) is 10.4. The van der Waals surface area contributed by atoms with Crippen molar-refractivity contribution < 1.29 is 9.53 Å². The van der Waals surface area contributed by atoms with Crippen LogP contribution in [0.1, 0.15) is 24.2 Å². The van der Waals surface area contributed by atoms with Crippen LogP contribution >= 0.6 is 0 Å². The van der Waals surface area contributed by atoms with Crippen LogP contribution in [0.3, 0.4) is 0 Å². The summed E-state index contributed by atoms with van der Waals surface area (Å²) >= 11 is 0. The monoisotopic (exact) mass is 237 g/mol. The summed E-state index contributed by atoms with van der Waals surface area (Å²) in [5, 5.41) is 6.03. The maximum absolute atomic E-state index is 11.8. The highest BCUT2D eigenvalue weighted by Gasteiger charge is 2.11. The number of hydrogen-bond acceptors (Lipinski definition) is 4. The Morgan fingerprint density at radius 2 is 2.24 bits per heavy atom. The van der Waals surface area contributed by atoms with Gasteiger partial charge in [-0.1, -0.05) is 13.8 Å². The first-order chi connectivity index (χ1) is 8.15. The number of carbonyl (C=O) groups is 1. The van der Waals surface area contributed by atoms with E-state index in [4.69, 9.17) is 4.74 Å². The summed E-state index contributed by atoms with van der Waals surface area (Å²) in [4.78, 5) is 15.8. The van der Waals surface area contributed by atoms with Gasteiger partial charge in [0.1, 0.15) is 5.56 Å². The van der Waals surface area contributed by atoms with Crippen molar-refractivity contribution in [3.05, 3.63) is 23.9 Å². The standard InChI is InChI=1S/C12H19N3O2/c1-9(2)13-7-8-14-11(16)10-5-4-6-15-12(10)17-3/h4-6,9,13H,7-8H2,1-3H3,(H,14,16). The molecule has 1 aromatic rings. The van der Waals surface area contributed by atoms with E-state index >= 15 is 0 Å². The van der Waals surface area contributed by atoms with Crippen LogP contribution in [0, 0.1) is 0 Å². The highest BCUT2D eigenvalue weighted by atomic mass is 16.5. The van der Waals surface area contributed by atoms with E-state index in [2.05, 4.69) is 29.5 Å². The van der Waals surface area contributed by atoms with E-state index in [-0.39, 0.29) is 5.91 Å². The van der Waals surface area contributed by atoms with E-state index in [1.165, 1.54) is 7.11 Å². The molecule has 94 valence electrons. The SMILES string of the molecule is COc1ncccc1C(=O)NCCNC(C)C. The zero-order valence-corrected chi connectivity index (χ0v) is 10.5. The minimum absolute atomic E-state index is 0.166. The average molecular weight is 237 g/mol. The highest BCUT2D eigenvalue weighted by molar-refractivity contribution is 5.96. The van der Waals surface area contributed by atoms with Crippen LogP contribution in [0.2, 0.25) is 0 Å². The molecule has 0 radical (unpaired) electrons. The lowest BCUT2D eigenvalue weighted by Crippen LogP contribution is -2.34. The van der Waals surface area contributed by atoms with Crippen molar-refractivity contribution in [3.8, 4) is 5.88 Å². The van der Waals surface area contributed by atoms with Crippen LogP contribution in [0.15, 0.2) is 18.3 Å². The topological polar surface area (TPSA) is 63.2 Å². The third kappa shape index (κ3) is 4.40. The number of pyridine rings is 1. The van der Waals surface area contributed by atoms with Gasteiger partial charge in [-0.3, -0.25) is 4.79 Å². The minimum atomic E-state index is -0.166. The summed E-state index contributed by atoms with van der Waals surface area (Å²) in [5.41, 5.74) is 0.458. The van der Waals surface area contributed by atoms with Gasteiger partial charge in [-0.15, -0.1) is 0 Å². The molecular formula is C12H19N3O2. The Morgan fingerprint density at radius 3 is 2.88 bits per heavy atom. The number of methoxy groups -OCH3 is 1. The number of rotatable bonds is 6. The molecular weight excluding hydrogens is 218 g/mol. The molecule has 0 bridgehead atoms. The lowest BCUT2D eigenvalue weighted by molar-refractivity contribution is 0.0950. The van der Waals surface area contributed by atoms with Crippen LogP contribution in [-0.4, -0.2) is 37.1 Å². The highest BCUT2D eigenvalue weighted by Crippen LogP contribution is 2.12. The predicted octanol–water partition coefficient (Wildman–Crippen LogP) is 0.818. The molecule has 5 nitrogen and oxygen atoms in total. The number of nitrogens with zero attached hydrogens (tertiary/aromatic N) is 1. The van der Waals surface area contributed by atoms with Gasteiger partial charge in [0.25, 0.3) is 5.91 Å². The zero-order chi connectivity index (χ0) is 12.7. The van der Waals surface area contributed by atoms with Gasteiger partial charge in [0, 0.05) is 25.3 Å². The van der Waals surface area contributed by atoms with Gasteiger partial charge in [0.2, 0.25) is 5.88 Å². The molecule has 0 aromatic carbocycles. The second-order valence-electron chi connectivity index (χ2n) is 3.92. The maximum atomic E-state index is 11.8. The Balaban J connectivity index is 2.47. The molecule has 1 rings (SSSR count). The van der Waals surface area contributed by atoms with Crippen LogP contribution < -0.4 is 15.4 Å². The van der Waals surface area contributed by atoms with E-state index in [0.29, 0.717) is 24.0 Å². The lowest BCUT2D eigenvalue weighted by Gasteiger charge is -2.10. The predicted molar refractivity (Wildman–Crippen MR) is 66.3 cm³/mol. The number of ether oxygens (including phenoxy) is 1. The summed E-state index contributed by atoms with van der Waals surface area (Å²) in [5.74, 6) is 0.183. The molecule has 1 aromatic heterocycles. The Kier molecular flexibility index (Phi) is 5.42. The van der Waals surface area contributed by atoms with Crippen molar-refractivity contribution in [3.63, 3.8) is 0 Å². The van der Waals surface area contributed by atoms with Gasteiger partial charge >= 0.3 is 0 Å². The lowest BCUT2D eigenvalue weighted by atomic mass is 10.2. The van der Waals surface area contributed by atoms with E-state index in [0.717, 1.165) is 6.54 Å². The Labute approximate surface area is 102 Å². The third-order valence-corrected chi connectivity index (χ3v) is 2.17. The van der Waals surface area contributed by atoms with Crippen molar-refractivity contribution in [1.82, 2.24) is 15.6 Å². The quantitative estimate of drug-likeness (QED) is 0.719. The molecule has 0 saturated heterocycles. The van der Waals surface area contributed by atoms with Gasteiger partial charge in [-0.25, -0.2) is 4.98 Å². The Morgan fingerprint density at radius 1 is 1.47 bits per heavy atom. The van der Waals surface area contributed by atoms with Gasteiger partial charge in [-0.2, -0.15) is 0 Å². The second-order valence-corrected chi connectivity index (χ2v) is 3.92. The van der Waals surface area contributed by atoms with E-state index < -0.39 is 0 Å². The molecule has 0 unspecified atom stereocenters. The number of hydrogen-bond donors (Lipinski definition) is 2. The second kappa shape index (κ2) is 6.85. The Bertz CT molecular complexity index is 367. The van der Waals surface area contributed by atoms with E-state index in [1.54, 1.807) is 18.3 Å². The molecule has 0 fully saturated rings. The number of nitrogens with one attached hydrogen (secondary N) is 2. The summed E-state index contributed by atoms with van der Waals surface area (Å²) < 4.78 is 5.02. The average Bonchev–Trinajstić information content (AvgIpc) is 2.34. The molecule has 0 aliphatic carbocycles. The first-order valence-electron chi connectivity index (χ1n) is 5.65. The van der Waals surface area contributed by atoms with Crippen molar-refractivity contribution >= 4 is 5.91 Å².